The van der Waals surface area contributed by atoms with E-state index in [4.69, 9.17) is 9.47 Å². The first-order valence-electron chi connectivity index (χ1n) is 5.31. The van der Waals surface area contributed by atoms with Gasteiger partial charge in [0.25, 0.3) is 0 Å². The van der Waals surface area contributed by atoms with Crippen molar-refractivity contribution >= 4 is 0 Å². The van der Waals surface area contributed by atoms with Gasteiger partial charge in [0.1, 0.15) is 12.1 Å². The lowest BCUT2D eigenvalue weighted by Crippen LogP contribution is -2.32. The zero-order chi connectivity index (χ0) is 11.5. The molecule has 1 saturated heterocycles. The van der Waals surface area contributed by atoms with Gasteiger partial charge in [0, 0.05) is 0 Å². The summed E-state index contributed by atoms with van der Waals surface area (Å²) in [5.41, 5.74) is 0. The first kappa shape index (κ1) is 10.1. The largest absolute Gasteiger partial charge is 0.391 e. The van der Waals surface area contributed by atoms with Crippen LogP contribution in [-0.4, -0.2) is 43.3 Å². The second kappa shape index (κ2) is 2.99. The lowest BCUT2D eigenvalue weighted by Gasteiger charge is -2.23. The number of tetrazole rings is 1. The summed E-state index contributed by atoms with van der Waals surface area (Å²) in [6.45, 7) is 5.39. The van der Waals surface area contributed by atoms with Crippen molar-refractivity contribution in [1.82, 2.24) is 20.2 Å². The Balaban J connectivity index is 2.03. The van der Waals surface area contributed by atoms with Gasteiger partial charge in [-0.3, -0.25) is 0 Å². The maximum absolute atomic E-state index is 9.78. The summed E-state index contributed by atoms with van der Waals surface area (Å²) in [4.78, 5) is 0. The number of ether oxygens (including phenoxy) is 2. The van der Waals surface area contributed by atoms with E-state index in [0.717, 1.165) is 0 Å². The number of hydrogen-bond donors (Lipinski definition) is 1. The molecule has 16 heavy (non-hydrogen) atoms. The molecule has 1 fully saturated rings. The van der Waals surface area contributed by atoms with Crippen LogP contribution in [0.3, 0.4) is 0 Å². The minimum Gasteiger partial charge on any atom is -0.391 e. The van der Waals surface area contributed by atoms with Crippen LogP contribution in [0.4, 0.5) is 0 Å². The summed E-state index contributed by atoms with van der Waals surface area (Å²) in [6, 6.07) is -0.281. The van der Waals surface area contributed by atoms with Crippen molar-refractivity contribution in [3.05, 3.63) is 5.82 Å². The molecule has 7 nitrogen and oxygen atoms in total. The Labute approximate surface area is 92.3 Å². The first-order valence-corrected chi connectivity index (χ1v) is 5.31. The summed E-state index contributed by atoms with van der Waals surface area (Å²) in [5, 5.41) is 21.2. The fraction of sp³-hybridized carbons (Fsp3) is 0.889. The summed E-state index contributed by atoms with van der Waals surface area (Å²) in [6.07, 6.45) is -1.12. The highest BCUT2D eigenvalue weighted by Crippen LogP contribution is 2.47. The van der Waals surface area contributed by atoms with Crippen molar-refractivity contribution in [3.63, 3.8) is 0 Å². The monoisotopic (exact) mass is 226 g/mol. The second-order valence-electron chi connectivity index (χ2n) is 4.73. The van der Waals surface area contributed by atoms with Crippen LogP contribution in [0.5, 0.6) is 0 Å². The number of rotatable bonds is 1. The fourth-order valence-electron chi connectivity index (χ4n) is 2.46. The molecule has 0 unspecified atom stereocenters. The molecule has 0 aromatic carbocycles. The third-order valence-electron chi connectivity index (χ3n) is 3.02. The van der Waals surface area contributed by atoms with Gasteiger partial charge < -0.3 is 14.6 Å². The normalized spacial score (nSPS) is 37.1. The van der Waals surface area contributed by atoms with E-state index in [2.05, 4.69) is 15.5 Å². The number of aliphatic hydroxyl groups excluding tert-OH is 1. The Hall–Kier alpha value is -1.05. The van der Waals surface area contributed by atoms with Crippen molar-refractivity contribution < 1.29 is 14.6 Å². The minimum atomic E-state index is -0.653. The van der Waals surface area contributed by atoms with Crippen LogP contribution in [-0.2, 0) is 9.47 Å². The molecule has 0 spiro atoms. The molecule has 3 heterocycles. The number of aromatic nitrogens is 4. The van der Waals surface area contributed by atoms with Crippen LogP contribution >= 0.6 is 0 Å². The number of aliphatic hydroxyl groups is 1. The molecule has 1 N–H and O–H groups in total. The second-order valence-corrected chi connectivity index (χ2v) is 4.73. The van der Waals surface area contributed by atoms with Crippen LogP contribution in [0.2, 0.25) is 0 Å². The maximum atomic E-state index is 9.78. The summed E-state index contributed by atoms with van der Waals surface area (Å²) in [7, 11) is 0. The first-order chi connectivity index (χ1) is 7.49. The highest BCUT2D eigenvalue weighted by atomic mass is 16.8. The smallest absolute Gasteiger partial charge is 0.183 e. The number of fused-ring (bicyclic) bond motifs is 3. The standard InChI is InChI=1S/C9H14N4O3/c1-4(14)5-6-7(16-9(2,3)15-6)8-10-11-12-13(5)8/h4-7,14H,1-3H3/t4-,5-,6+,7+/m1/s1. The fourth-order valence-corrected chi connectivity index (χ4v) is 2.46. The lowest BCUT2D eigenvalue weighted by molar-refractivity contribution is -0.158. The SMILES string of the molecule is C[C@@H](O)[C@@H]1[C@@H]2OC(C)(C)O[C@@H]2c2nnnn21. The highest BCUT2D eigenvalue weighted by Gasteiger charge is 2.55. The van der Waals surface area contributed by atoms with E-state index in [1.54, 1.807) is 11.6 Å². The van der Waals surface area contributed by atoms with Crippen LogP contribution in [0.15, 0.2) is 0 Å². The van der Waals surface area contributed by atoms with E-state index in [0.29, 0.717) is 5.82 Å². The average Bonchev–Trinajstić information content (AvgIpc) is 2.73. The number of hydrogen-bond acceptors (Lipinski definition) is 6. The predicted octanol–water partition coefficient (Wildman–Crippen LogP) is -0.199. The van der Waals surface area contributed by atoms with Gasteiger partial charge in [0.05, 0.1) is 6.10 Å². The predicted molar refractivity (Wildman–Crippen MR) is 51.3 cm³/mol. The molecule has 7 heteroatoms. The zero-order valence-corrected chi connectivity index (χ0v) is 9.36. The third kappa shape index (κ3) is 1.22. The van der Waals surface area contributed by atoms with Gasteiger partial charge in [-0.25, -0.2) is 4.68 Å². The average molecular weight is 226 g/mol. The van der Waals surface area contributed by atoms with Crippen LogP contribution < -0.4 is 0 Å². The summed E-state index contributed by atoms with van der Waals surface area (Å²) >= 11 is 0. The number of nitrogens with zero attached hydrogens (tertiary/aromatic N) is 4. The molecular weight excluding hydrogens is 212 g/mol. The van der Waals surface area contributed by atoms with Gasteiger partial charge in [-0.1, -0.05) is 0 Å². The van der Waals surface area contributed by atoms with Crippen molar-refractivity contribution in [2.75, 3.05) is 0 Å². The molecule has 0 aliphatic carbocycles. The summed E-state index contributed by atoms with van der Waals surface area (Å²) in [5.74, 6) is -0.0267. The zero-order valence-electron chi connectivity index (χ0n) is 9.36. The Morgan fingerprint density at radius 3 is 2.88 bits per heavy atom. The van der Waals surface area contributed by atoms with Crippen LogP contribution in [0.1, 0.15) is 38.7 Å². The van der Waals surface area contributed by atoms with Gasteiger partial charge >= 0.3 is 0 Å². The quantitative estimate of drug-likeness (QED) is 0.714. The lowest BCUT2D eigenvalue weighted by atomic mass is 10.1. The molecule has 1 aromatic heterocycles. The van der Waals surface area contributed by atoms with Crippen molar-refractivity contribution in [3.8, 4) is 0 Å². The minimum absolute atomic E-state index is 0.243. The Kier molecular flexibility index (Phi) is 1.90. The molecule has 4 atom stereocenters. The van der Waals surface area contributed by atoms with E-state index >= 15 is 0 Å². The molecule has 3 rings (SSSR count). The van der Waals surface area contributed by atoms with Gasteiger partial charge in [0.2, 0.25) is 0 Å². The van der Waals surface area contributed by atoms with E-state index in [1.165, 1.54) is 0 Å². The summed E-state index contributed by atoms with van der Waals surface area (Å²) < 4.78 is 13.1. The van der Waals surface area contributed by atoms with E-state index < -0.39 is 11.9 Å². The third-order valence-corrected chi connectivity index (χ3v) is 3.02. The molecule has 2 aliphatic heterocycles. The van der Waals surface area contributed by atoms with Crippen molar-refractivity contribution in [2.45, 2.75) is 50.9 Å². The molecule has 2 aliphatic rings. The van der Waals surface area contributed by atoms with Gasteiger partial charge in [-0.2, -0.15) is 0 Å². The molecular formula is C9H14N4O3. The van der Waals surface area contributed by atoms with Crippen LogP contribution in [0.25, 0.3) is 0 Å². The highest BCUT2D eigenvalue weighted by molar-refractivity contribution is 5.09. The molecule has 0 bridgehead atoms. The molecule has 0 amide bonds. The van der Waals surface area contributed by atoms with Crippen molar-refractivity contribution in [1.29, 1.82) is 0 Å². The van der Waals surface area contributed by atoms with E-state index in [9.17, 15) is 5.11 Å². The van der Waals surface area contributed by atoms with Gasteiger partial charge in [0.15, 0.2) is 17.7 Å². The van der Waals surface area contributed by atoms with Gasteiger partial charge in [-0.05, 0) is 31.2 Å². The molecule has 1 aromatic rings. The molecule has 0 saturated carbocycles. The van der Waals surface area contributed by atoms with E-state index in [1.807, 2.05) is 13.8 Å². The topological polar surface area (TPSA) is 82.3 Å². The molecule has 0 radical (unpaired) electrons. The Morgan fingerprint density at radius 2 is 2.19 bits per heavy atom. The Morgan fingerprint density at radius 1 is 1.44 bits per heavy atom. The van der Waals surface area contributed by atoms with Crippen molar-refractivity contribution in [2.24, 2.45) is 0 Å². The maximum Gasteiger partial charge on any atom is 0.183 e. The molecule has 88 valence electrons. The van der Waals surface area contributed by atoms with Crippen LogP contribution in [0, 0.1) is 0 Å². The van der Waals surface area contributed by atoms with Gasteiger partial charge in [-0.15, -0.1) is 5.10 Å². The Bertz CT molecular complexity index is 417. The van der Waals surface area contributed by atoms with E-state index in [-0.39, 0.29) is 18.2 Å².